The minimum absolute atomic E-state index is 0.166. The zero-order valence-corrected chi connectivity index (χ0v) is 13.8. The summed E-state index contributed by atoms with van der Waals surface area (Å²) < 4.78 is 14.2. The molecule has 114 valence electrons. The number of piperazine rings is 1. The summed E-state index contributed by atoms with van der Waals surface area (Å²) in [5.41, 5.74) is 1.21. The lowest BCUT2D eigenvalue weighted by molar-refractivity contribution is 0.100. The zero-order valence-electron chi connectivity index (χ0n) is 12.2. The van der Waals surface area contributed by atoms with Crippen molar-refractivity contribution in [2.45, 2.75) is 44.3 Å². The second-order valence-corrected chi connectivity index (χ2v) is 7.78. The molecule has 3 aliphatic rings. The second kappa shape index (κ2) is 5.64. The van der Waals surface area contributed by atoms with E-state index in [4.69, 9.17) is 0 Å². The van der Waals surface area contributed by atoms with Crippen LogP contribution in [0.2, 0.25) is 0 Å². The molecule has 0 spiro atoms. The highest BCUT2D eigenvalue weighted by Gasteiger charge is 2.42. The first-order chi connectivity index (χ1) is 10.2. The van der Waals surface area contributed by atoms with Crippen LogP contribution in [0.1, 0.15) is 31.2 Å². The van der Waals surface area contributed by atoms with Crippen LogP contribution in [0.25, 0.3) is 0 Å². The highest BCUT2D eigenvalue weighted by molar-refractivity contribution is 9.10. The maximum absolute atomic E-state index is 13.3. The molecule has 2 aliphatic carbocycles. The van der Waals surface area contributed by atoms with Gasteiger partial charge in [-0.2, -0.15) is 0 Å². The van der Waals surface area contributed by atoms with Gasteiger partial charge in [0.2, 0.25) is 0 Å². The molecule has 4 rings (SSSR count). The zero-order chi connectivity index (χ0) is 14.4. The molecule has 21 heavy (non-hydrogen) atoms. The van der Waals surface area contributed by atoms with E-state index in [-0.39, 0.29) is 5.82 Å². The molecule has 2 unspecified atom stereocenters. The van der Waals surface area contributed by atoms with E-state index in [9.17, 15) is 4.39 Å². The third kappa shape index (κ3) is 3.17. The topological polar surface area (TPSA) is 15.3 Å². The molecule has 4 heteroatoms. The summed E-state index contributed by atoms with van der Waals surface area (Å²) in [6.45, 7) is 3.22. The first-order valence-electron chi connectivity index (χ1n) is 8.12. The fraction of sp³-hybridized carbons (Fsp3) is 0.647. The first kappa shape index (κ1) is 14.2. The van der Waals surface area contributed by atoms with Crippen LogP contribution in [0.5, 0.6) is 0 Å². The van der Waals surface area contributed by atoms with Crippen LogP contribution in [0.3, 0.4) is 0 Å². The molecule has 1 saturated heterocycles. The maximum Gasteiger partial charge on any atom is 0.124 e. The highest BCUT2D eigenvalue weighted by Crippen LogP contribution is 2.40. The van der Waals surface area contributed by atoms with Gasteiger partial charge in [0.1, 0.15) is 5.82 Å². The summed E-state index contributed by atoms with van der Waals surface area (Å²) in [6, 6.07) is 6.42. The average molecular weight is 353 g/mol. The third-order valence-electron chi connectivity index (χ3n) is 5.24. The predicted molar refractivity (Wildman–Crippen MR) is 85.5 cm³/mol. The molecule has 0 radical (unpaired) electrons. The second-order valence-electron chi connectivity index (χ2n) is 6.92. The van der Waals surface area contributed by atoms with Crippen molar-refractivity contribution in [1.82, 2.24) is 10.2 Å². The molecular formula is C17H22BrFN2. The Balaban J connectivity index is 1.50. The molecule has 2 atom stereocenters. The van der Waals surface area contributed by atoms with E-state index in [0.717, 1.165) is 35.9 Å². The number of rotatable bonds is 4. The van der Waals surface area contributed by atoms with Gasteiger partial charge in [-0.05, 0) is 55.2 Å². The number of benzene rings is 1. The van der Waals surface area contributed by atoms with Gasteiger partial charge in [0.25, 0.3) is 0 Å². The first-order valence-corrected chi connectivity index (χ1v) is 8.91. The van der Waals surface area contributed by atoms with E-state index in [1.165, 1.54) is 31.2 Å². The van der Waals surface area contributed by atoms with Gasteiger partial charge in [0, 0.05) is 36.2 Å². The number of nitrogens with zero attached hydrogens (tertiary/aromatic N) is 1. The van der Waals surface area contributed by atoms with Gasteiger partial charge in [0.05, 0.1) is 0 Å². The van der Waals surface area contributed by atoms with Gasteiger partial charge in [0.15, 0.2) is 0 Å². The van der Waals surface area contributed by atoms with Gasteiger partial charge in [-0.3, -0.25) is 4.90 Å². The lowest BCUT2D eigenvalue weighted by atomic mass is 10.0. The Morgan fingerprint density at radius 2 is 1.95 bits per heavy atom. The average Bonchev–Trinajstić information content (AvgIpc) is 3.35. The van der Waals surface area contributed by atoms with Crippen molar-refractivity contribution in [1.29, 1.82) is 0 Å². The smallest absolute Gasteiger partial charge is 0.124 e. The van der Waals surface area contributed by atoms with Gasteiger partial charge in [-0.1, -0.05) is 22.0 Å². The van der Waals surface area contributed by atoms with Crippen LogP contribution in [0, 0.1) is 17.7 Å². The van der Waals surface area contributed by atoms with E-state index in [1.54, 1.807) is 12.1 Å². The molecule has 1 aromatic carbocycles. The Kier molecular flexibility index (Phi) is 3.80. The van der Waals surface area contributed by atoms with Crippen molar-refractivity contribution in [2.24, 2.45) is 11.8 Å². The fourth-order valence-electron chi connectivity index (χ4n) is 3.66. The van der Waals surface area contributed by atoms with Crippen molar-refractivity contribution < 1.29 is 4.39 Å². The van der Waals surface area contributed by atoms with Crippen LogP contribution in [0.4, 0.5) is 4.39 Å². The number of halogens is 2. The lowest BCUT2D eigenvalue weighted by Crippen LogP contribution is -2.57. The number of hydrogen-bond donors (Lipinski definition) is 1. The monoisotopic (exact) mass is 352 g/mol. The molecular weight excluding hydrogens is 331 g/mol. The van der Waals surface area contributed by atoms with Crippen LogP contribution in [-0.4, -0.2) is 30.1 Å². The van der Waals surface area contributed by atoms with E-state index in [1.807, 2.05) is 6.07 Å². The van der Waals surface area contributed by atoms with Crippen molar-refractivity contribution in [3.05, 3.63) is 34.1 Å². The van der Waals surface area contributed by atoms with Gasteiger partial charge >= 0.3 is 0 Å². The van der Waals surface area contributed by atoms with Crippen LogP contribution < -0.4 is 5.32 Å². The Labute approximate surface area is 134 Å². The molecule has 2 saturated carbocycles. The minimum atomic E-state index is -0.166. The van der Waals surface area contributed by atoms with Crippen LogP contribution >= 0.6 is 15.9 Å². The van der Waals surface area contributed by atoms with Crippen molar-refractivity contribution in [3.63, 3.8) is 0 Å². The van der Waals surface area contributed by atoms with Crippen LogP contribution in [0.15, 0.2) is 22.7 Å². The maximum atomic E-state index is 13.3. The lowest BCUT2D eigenvalue weighted by Gasteiger charge is -2.41. The van der Waals surface area contributed by atoms with Crippen molar-refractivity contribution in [3.8, 4) is 0 Å². The third-order valence-corrected chi connectivity index (χ3v) is 5.97. The summed E-state index contributed by atoms with van der Waals surface area (Å²) >= 11 is 3.52. The van der Waals surface area contributed by atoms with E-state index in [0.29, 0.717) is 12.1 Å². The normalized spacial score (nSPS) is 30.6. The van der Waals surface area contributed by atoms with Crippen molar-refractivity contribution in [2.75, 3.05) is 13.1 Å². The van der Waals surface area contributed by atoms with Crippen LogP contribution in [-0.2, 0) is 6.54 Å². The van der Waals surface area contributed by atoms with Crippen molar-refractivity contribution >= 4 is 15.9 Å². The Bertz CT molecular complexity index is 528. The molecule has 0 amide bonds. The largest absolute Gasteiger partial charge is 0.311 e. The SMILES string of the molecule is Fc1ccc(CN2CC(C3CC3)NCC2C2CC2)c(Br)c1. The summed E-state index contributed by atoms with van der Waals surface area (Å²) in [5.74, 6) is 1.60. The summed E-state index contributed by atoms with van der Waals surface area (Å²) in [6.07, 6.45) is 5.53. The molecule has 3 fully saturated rings. The number of nitrogens with one attached hydrogen (secondary N) is 1. The molecule has 2 nitrogen and oxygen atoms in total. The quantitative estimate of drug-likeness (QED) is 0.891. The fourth-order valence-corrected chi connectivity index (χ4v) is 4.14. The summed E-state index contributed by atoms with van der Waals surface area (Å²) in [4.78, 5) is 2.65. The predicted octanol–water partition coefficient (Wildman–Crippen LogP) is 3.55. The summed E-state index contributed by atoms with van der Waals surface area (Å²) in [7, 11) is 0. The molecule has 1 aliphatic heterocycles. The van der Waals surface area contributed by atoms with E-state index in [2.05, 4.69) is 26.1 Å². The Morgan fingerprint density at radius 3 is 2.62 bits per heavy atom. The Hall–Kier alpha value is -0.450. The summed E-state index contributed by atoms with van der Waals surface area (Å²) in [5, 5.41) is 3.78. The van der Waals surface area contributed by atoms with E-state index < -0.39 is 0 Å². The standard InChI is InChI=1S/C17H22BrFN2/c18-15-7-14(19)6-5-13(15)9-21-10-16(11-1-2-11)20-8-17(21)12-3-4-12/h5-7,11-12,16-17,20H,1-4,8-10H2. The number of hydrogen-bond acceptors (Lipinski definition) is 2. The van der Waals surface area contributed by atoms with Gasteiger partial charge < -0.3 is 5.32 Å². The van der Waals surface area contributed by atoms with E-state index >= 15 is 0 Å². The Morgan fingerprint density at radius 1 is 1.19 bits per heavy atom. The molecule has 1 heterocycles. The minimum Gasteiger partial charge on any atom is -0.311 e. The molecule has 0 bridgehead atoms. The van der Waals surface area contributed by atoms with Gasteiger partial charge in [-0.25, -0.2) is 4.39 Å². The molecule has 0 aromatic heterocycles. The van der Waals surface area contributed by atoms with Gasteiger partial charge in [-0.15, -0.1) is 0 Å². The highest BCUT2D eigenvalue weighted by atomic mass is 79.9. The molecule has 1 N–H and O–H groups in total. The molecule has 1 aromatic rings.